The minimum absolute atomic E-state index is 0.503. The van der Waals surface area contributed by atoms with E-state index in [-0.39, 0.29) is 0 Å². The van der Waals surface area contributed by atoms with Crippen molar-refractivity contribution in [2.24, 2.45) is 0 Å². The van der Waals surface area contributed by atoms with Gasteiger partial charge in [-0.15, -0.1) is 0 Å². The van der Waals surface area contributed by atoms with E-state index in [4.69, 9.17) is 0 Å². The molecule has 0 aromatic carbocycles. The van der Waals surface area contributed by atoms with Crippen molar-refractivity contribution in [3.63, 3.8) is 0 Å². The summed E-state index contributed by atoms with van der Waals surface area (Å²) >= 11 is 0. The lowest BCUT2D eigenvalue weighted by molar-refractivity contribution is 0.865. The van der Waals surface area contributed by atoms with Crippen molar-refractivity contribution in [3.8, 4) is 11.1 Å². The second-order valence-corrected chi connectivity index (χ2v) is 3.86. The van der Waals surface area contributed by atoms with Gasteiger partial charge in [-0.2, -0.15) is 0 Å². The van der Waals surface area contributed by atoms with Crippen molar-refractivity contribution in [1.82, 2.24) is 9.97 Å². The van der Waals surface area contributed by atoms with Crippen LogP contribution in [0.15, 0.2) is 43.0 Å². The van der Waals surface area contributed by atoms with Crippen LogP contribution in [-0.4, -0.2) is 9.97 Å². The minimum Gasteiger partial charge on any atom is -0.264 e. The summed E-state index contributed by atoms with van der Waals surface area (Å²) in [6.45, 7) is 4.38. The Hall–Kier alpha value is -1.70. The predicted molar refractivity (Wildman–Crippen MR) is 61.6 cm³/mol. The Morgan fingerprint density at radius 3 is 2.47 bits per heavy atom. The van der Waals surface area contributed by atoms with Crippen LogP contribution in [0.4, 0.5) is 0 Å². The lowest BCUT2D eigenvalue weighted by Gasteiger charge is -2.11. The van der Waals surface area contributed by atoms with Gasteiger partial charge in [0.15, 0.2) is 0 Å². The van der Waals surface area contributed by atoms with Crippen LogP contribution in [0.5, 0.6) is 0 Å². The highest BCUT2D eigenvalue weighted by atomic mass is 14.6. The molecule has 0 amide bonds. The molecule has 0 fully saturated rings. The molecule has 15 heavy (non-hydrogen) atoms. The molecule has 0 aliphatic heterocycles. The van der Waals surface area contributed by atoms with E-state index in [0.29, 0.717) is 5.92 Å². The third-order valence-electron chi connectivity index (χ3n) is 2.45. The highest BCUT2D eigenvalue weighted by Gasteiger charge is 2.07. The van der Waals surface area contributed by atoms with Crippen molar-refractivity contribution in [2.45, 2.75) is 19.8 Å². The number of rotatable bonds is 2. The molecule has 0 unspecified atom stereocenters. The van der Waals surface area contributed by atoms with E-state index in [1.54, 1.807) is 6.20 Å². The zero-order valence-corrected chi connectivity index (χ0v) is 9.01. The van der Waals surface area contributed by atoms with Gasteiger partial charge < -0.3 is 0 Å². The first kappa shape index (κ1) is 9.84. The van der Waals surface area contributed by atoms with Gasteiger partial charge in [-0.05, 0) is 23.6 Å². The SMILES string of the molecule is CC(C)c1ccncc1-c1cccnc1. The van der Waals surface area contributed by atoms with Crippen LogP contribution >= 0.6 is 0 Å². The van der Waals surface area contributed by atoms with Gasteiger partial charge in [-0.3, -0.25) is 9.97 Å². The number of aromatic nitrogens is 2. The van der Waals surface area contributed by atoms with Gasteiger partial charge in [0.25, 0.3) is 0 Å². The van der Waals surface area contributed by atoms with Crippen LogP contribution in [0.2, 0.25) is 0 Å². The van der Waals surface area contributed by atoms with E-state index >= 15 is 0 Å². The van der Waals surface area contributed by atoms with Crippen molar-refractivity contribution in [2.75, 3.05) is 0 Å². The third-order valence-corrected chi connectivity index (χ3v) is 2.45. The van der Waals surface area contributed by atoms with Crippen LogP contribution in [-0.2, 0) is 0 Å². The average Bonchev–Trinajstić information content (AvgIpc) is 2.30. The largest absolute Gasteiger partial charge is 0.264 e. The molecule has 0 N–H and O–H groups in total. The molecule has 0 bridgehead atoms. The maximum atomic E-state index is 4.18. The fourth-order valence-corrected chi connectivity index (χ4v) is 1.67. The van der Waals surface area contributed by atoms with Crippen molar-refractivity contribution in [1.29, 1.82) is 0 Å². The molecule has 0 spiro atoms. The van der Waals surface area contributed by atoms with Gasteiger partial charge in [-0.25, -0.2) is 0 Å². The molecule has 2 heteroatoms. The Kier molecular flexibility index (Phi) is 2.77. The highest BCUT2D eigenvalue weighted by Crippen LogP contribution is 2.27. The Morgan fingerprint density at radius 2 is 1.80 bits per heavy atom. The molecular weight excluding hydrogens is 184 g/mol. The Labute approximate surface area is 90.0 Å². The number of nitrogens with zero attached hydrogens (tertiary/aromatic N) is 2. The maximum absolute atomic E-state index is 4.18. The summed E-state index contributed by atoms with van der Waals surface area (Å²) in [7, 11) is 0. The molecule has 0 aliphatic carbocycles. The van der Waals surface area contributed by atoms with Gasteiger partial charge in [0.2, 0.25) is 0 Å². The van der Waals surface area contributed by atoms with Gasteiger partial charge in [0, 0.05) is 35.9 Å². The quantitative estimate of drug-likeness (QED) is 0.740. The number of hydrogen-bond acceptors (Lipinski definition) is 2. The Balaban J connectivity index is 2.53. The lowest BCUT2D eigenvalue weighted by Crippen LogP contribution is -1.93. The standard InChI is InChI=1S/C13H14N2/c1-10(2)12-5-7-15-9-13(12)11-4-3-6-14-8-11/h3-10H,1-2H3. The second kappa shape index (κ2) is 4.22. The highest BCUT2D eigenvalue weighted by molar-refractivity contribution is 5.65. The van der Waals surface area contributed by atoms with Gasteiger partial charge in [-0.1, -0.05) is 19.9 Å². The van der Waals surface area contributed by atoms with Crippen molar-refractivity contribution in [3.05, 3.63) is 48.5 Å². The fraction of sp³-hybridized carbons (Fsp3) is 0.231. The molecule has 0 saturated carbocycles. The summed E-state index contributed by atoms with van der Waals surface area (Å²) in [4.78, 5) is 8.31. The molecule has 0 radical (unpaired) electrons. The zero-order chi connectivity index (χ0) is 10.7. The van der Waals surface area contributed by atoms with Crippen LogP contribution in [0.3, 0.4) is 0 Å². The summed E-state index contributed by atoms with van der Waals surface area (Å²) in [5.74, 6) is 0.503. The molecule has 2 heterocycles. The first-order chi connectivity index (χ1) is 7.29. The normalized spacial score (nSPS) is 10.6. The molecular formula is C13H14N2. The Morgan fingerprint density at radius 1 is 1.00 bits per heavy atom. The predicted octanol–water partition coefficient (Wildman–Crippen LogP) is 3.27. The average molecular weight is 198 g/mol. The molecule has 0 aliphatic rings. The molecule has 2 aromatic heterocycles. The van der Waals surface area contributed by atoms with E-state index in [9.17, 15) is 0 Å². The van der Waals surface area contributed by atoms with E-state index in [1.165, 1.54) is 11.1 Å². The summed E-state index contributed by atoms with van der Waals surface area (Å²) in [5.41, 5.74) is 3.63. The summed E-state index contributed by atoms with van der Waals surface area (Å²) in [6.07, 6.45) is 7.42. The van der Waals surface area contributed by atoms with E-state index in [1.807, 2.05) is 24.7 Å². The van der Waals surface area contributed by atoms with Gasteiger partial charge in [0.1, 0.15) is 0 Å². The maximum Gasteiger partial charge on any atom is 0.0349 e. The third kappa shape index (κ3) is 2.04. The van der Waals surface area contributed by atoms with E-state index in [0.717, 1.165) is 5.56 Å². The number of hydrogen-bond donors (Lipinski definition) is 0. The van der Waals surface area contributed by atoms with Crippen LogP contribution in [0.1, 0.15) is 25.3 Å². The van der Waals surface area contributed by atoms with Gasteiger partial charge in [0.05, 0.1) is 0 Å². The lowest BCUT2D eigenvalue weighted by atomic mass is 9.95. The monoisotopic (exact) mass is 198 g/mol. The molecule has 76 valence electrons. The Bertz CT molecular complexity index is 435. The smallest absolute Gasteiger partial charge is 0.0349 e. The zero-order valence-electron chi connectivity index (χ0n) is 9.01. The molecule has 0 saturated heterocycles. The fourth-order valence-electron chi connectivity index (χ4n) is 1.67. The summed E-state index contributed by atoms with van der Waals surface area (Å²) in [6, 6.07) is 6.09. The minimum atomic E-state index is 0.503. The second-order valence-electron chi connectivity index (χ2n) is 3.86. The summed E-state index contributed by atoms with van der Waals surface area (Å²) < 4.78 is 0. The first-order valence-electron chi connectivity index (χ1n) is 5.13. The molecule has 0 atom stereocenters. The van der Waals surface area contributed by atoms with E-state index in [2.05, 4.69) is 35.9 Å². The molecule has 2 aromatic rings. The molecule has 2 nitrogen and oxygen atoms in total. The van der Waals surface area contributed by atoms with Crippen LogP contribution in [0, 0.1) is 0 Å². The topological polar surface area (TPSA) is 25.8 Å². The van der Waals surface area contributed by atoms with Crippen LogP contribution in [0.25, 0.3) is 11.1 Å². The molecule has 2 rings (SSSR count). The van der Waals surface area contributed by atoms with Crippen molar-refractivity contribution >= 4 is 0 Å². The summed E-state index contributed by atoms with van der Waals surface area (Å²) in [5, 5.41) is 0. The van der Waals surface area contributed by atoms with E-state index < -0.39 is 0 Å². The van der Waals surface area contributed by atoms with Crippen molar-refractivity contribution < 1.29 is 0 Å². The number of pyridine rings is 2. The van der Waals surface area contributed by atoms with Crippen LogP contribution < -0.4 is 0 Å². The van der Waals surface area contributed by atoms with Gasteiger partial charge >= 0.3 is 0 Å². The first-order valence-corrected chi connectivity index (χ1v) is 5.13.